The van der Waals surface area contributed by atoms with Crippen molar-refractivity contribution >= 4 is 17.2 Å². The Morgan fingerprint density at radius 1 is 1.32 bits per heavy atom. The van der Waals surface area contributed by atoms with Crippen molar-refractivity contribution in [2.45, 2.75) is 26.2 Å². The molecule has 0 aliphatic rings. The fraction of sp³-hybridized carbons (Fsp3) is 0.250. The highest BCUT2D eigenvalue weighted by molar-refractivity contribution is 6.30. The zero-order valence-corrected chi connectivity index (χ0v) is 13.0. The van der Waals surface area contributed by atoms with E-state index in [1.165, 1.54) is 10.6 Å². The molecule has 6 heteroatoms. The average Bonchev–Trinajstić information content (AvgIpc) is 2.94. The number of hydrogen-bond donors (Lipinski definition) is 1. The van der Waals surface area contributed by atoms with Crippen molar-refractivity contribution in [1.82, 2.24) is 14.6 Å². The number of halogens is 2. The molecule has 114 valence electrons. The Hall–Kier alpha value is -2.14. The molecular formula is C16H15ClFN3O. The van der Waals surface area contributed by atoms with Gasteiger partial charge in [0.2, 0.25) is 5.88 Å². The SMILES string of the molecule is CC(C)c1nc2ccnn2c(O)c1Cc1ccc(F)c(Cl)c1. The van der Waals surface area contributed by atoms with Crippen LogP contribution in [0.5, 0.6) is 5.88 Å². The number of benzene rings is 1. The molecule has 0 atom stereocenters. The predicted molar refractivity (Wildman–Crippen MR) is 83.0 cm³/mol. The first-order chi connectivity index (χ1) is 10.5. The van der Waals surface area contributed by atoms with Gasteiger partial charge in [0.15, 0.2) is 5.65 Å². The molecule has 0 aliphatic carbocycles. The summed E-state index contributed by atoms with van der Waals surface area (Å²) in [6, 6.07) is 6.28. The molecule has 2 aromatic heterocycles. The largest absolute Gasteiger partial charge is 0.493 e. The first-order valence-corrected chi connectivity index (χ1v) is 7.34. The standard InChI is InChI=1S/C16H15ClFN3O/c1-9(2)15-11(7-10-3-4-13(18)12(17)8-10)16(22)21-14(20-15)5-6-19-21/h3-6,8-9,22H,7H2,1-2H3. The second-order valence-corrected chi connectivity index (χ2v) is 5.89. The summed E-state index contributed by atoms with van der Waals surface area (Å²) < 4.78 is 14.7. The van der Waals surface area contributed by atoms with Crippen LogP contribution in [0.3, 0.4) is 0 Å². The molecule has 0 unspecified atom stereocenters. The maximum absolute atomic E-state index is 13.3. The van der Waals surface area contributed by atoms with Crippen molar-refractivity contribution in [3.8, 4) is 5.88 Å². The Kier molecular flexibility index (Phi) is 3.74. The lowest BCUT2D eigenvalue weighted by Crippen LogP contribution is -2.06. The molecule has 0 aliphatic heterocycles. The number of aromatic hydroxyl groups is 1. The topological polar surface area (TPSA) is 50.4 Å². The van der Waals surface area contributed by atoms with Crippen LogP contribution in [0.15, 0.2) is 30.5 Å². The molecule has 0 saturated carbocycles. The summed E-state index contributed by atoms with van der Waals surface area (Å²) in [5.74, 6) is -0.268. The zero-order valence-electron chi connectivity index (χ0n) is 12.2. The van der Waals surface area contributed by atoms with Gasteiger partial charge in [0, 0.05) is 18.1 Å². The maximum Gasteiger partial charge on any atom is 0.219 e. The van der Waals surface area contributed by atoms with Gasteiger partial charge in [-0.15, -0.1) is 0 Å². The molecular weight excluding hydrogens is 305 g/mol. The Morgan fingerprint density at radius 2 is 2.09 bits per heavy atom. The summed E-state index contributed by atoms with van der Waals surface area (Å²) in [5, 5.41) is 14.6. The first kappa shape index (κ1) is 14.8. The molecule has 1 aromatic carbocycles. The van der Waals surface area contributed by atoms with E-state index in [-0.39, 0.29) is 16.8 Å². The van der Waals surface area contributed by atoms with E-state index in [1.54, 1.807) is 24.4 Å². The second-order valence-electron chi connectivity index (χ2n) is 5.48. The quantitative estimate of drug-likeness (QED) is 0.795. The molecule has 3 aromatic rings. The van der Waals surface area contributed by atoms with Gasteiger partial charge < -0.3 is 5.11 Å². The lowest BCUT2D eigenvalue weighted by Gasteiger charge is -2.15. The smallest absolute Gasteiger partial charge is 0.219 e. The number of hydrogen-bond acceptors (Lipinski definition) is 3. The highest BCUT2D eigenvalue weighted by atomic mass is 35.5. The Labute approximate surface area is 132 Å². The van der Waals surface area contributed by atoms with Crippen LogP contribution in [-0.2, 0) is 6.42 Å². The third kappa shape index (κ3) is 2.52. The average molecular weight is 320 g/mol. The summed E-state index contributed by atoms with van der Waals surface area (Å²) in [6.07, 6.45) is 1.99. The summed E-state index contributed by atoms with van der Waals surface area (Å²) in [7, 11) is 0. The number of fused-ring (bicyclic) bond motifs is 1. The van der Waals surface area contributed by atoms with Gasteiger partial charge in [-0.1, -0.05) is 31.5 Å². The van der Waals surface area contributed by atoms with Crippen LogP contribution in [0.2, 0.25) is 5.02 Å². The Balaban J connectivity index is 2.13. The lowest BCUT2D eigenvalue weighted by atomic mass is 9.98. The van der Waals surface area contributed by atoms with Crippen molar-refractivity contribution in [3.05, 3.63) is 58.1 Å². The summed E-state index contributed by atoms with van der Waals surface area (Å²) in [4.78, 5) is 4.57. The van der Waals surface area contributed by atoms with Gasteiger partial charge in [0.25, 0.3) is 0 Å². The van der Waals surface area contributed by atoms with Crippen molar-refractivity contribution < 1.29 is 9.50 Å². The monoisotopic (exact) mass is 319 g/mol. The van der Waals surface area contributed by atoms with E-state index in [0.717, 1.165) is 11.3 Å². The third-order valence-electron chi connectivity index (χ3n) is 3.55. The Bertz CT molecular complexity index is 845. The molecule has 2 heterocycles. The maximum atomic E-state index is 13.3. The number of nitrogens with zero attached hydrogens (tertiary/aromatic N) is 3. The lowest BCUT2D eigenvalue weighted by molar-refractivity contribution is 0.426. The van der Waals surface area contributed by atoms with E-state index in [0.29, 0.717) is 17.6 Å². The van der Waals surface area contributed by atoms with E-state index in [4.69, 9.17) is 11.6 Å². The minimum atomic E-state index is -0.459. The van der Waals surface area contributed by atoms with Crippen LogP contribution in [0.1, 0.15) is 36.6 Å². The molecule has 0 bridgehead atoms. The first-order valence-electron chi connectivity index (χ1n) is 6.96. The van der Waals surface area contributed by atoms with Gasteiger partial charge in [-0.25, -0.2) is 9.37 Å². The fourth-order valence-corrected chi connectivity index (χ4v) is 2.68. The number of aromatic nitrogens is 3. The summed E-state index contributed by atoms with van der Waals surface area (Å²) in [6.45, 7) is 4.02. The number of rotatable bonds is 3. The van der Waals surface area contributed by atoms with Crippen LogP contribution in [0, 0.1) is 5.82 Å². The molecule has 3 rings (SSSR count). The third-order valence-corrected chi connectivity index (χ3v) is 3.84. The van der Waals surface area contributed by atoms with E-state index < -0.39 is 5.82 Å². The molecule has 1 N–H and O–H groups in total. The van der Waals surface area contributed by atoms with Crippen molar-refractivity contribution in [2.24, 2.45) is 0 Å². The van der Waals surface area contributed by atoms with E-state index in [2.05, 4.69) is 10.1 Å². The zero-order chi connectivity index (χ0) is 15.9. The predicted octanol–water partition coefficient (Wildman–Crippen LogP) is 3.94. The molecule has 0 amide bonds. The summed E-state index contributed by atoms with van der Waals surface area (Å²) >= 11 is 5.83. The van der Waals surface area contributed by atoms with Crippen molar-refractivity contribution in [1.29, 1.82) is 0 Å². The second kappa shape index (κ2) is 5.57. The normalized spacial score (nSPS) is 11.5. The molecule has 0 saturated heterocycles. The van der Waals surface area contributed by atoms with Gasteiger partial charge >= 0.3 is 0 Å². The van der Waals surface area contributed by atoms with Crippen LogP contribution in [0.4, 0.5) is 4.39 Å². The van der Waals surface area contributed by atoms with Gasteiger partial charge in [0.05, 0.1) is 16.9 Å². The van der Waals surface area contributed by atoms with E-state index in [1.807, 2.05) is 13.8 Å². The van der Waals surface area contributed by atoms with E-state index >= 15 is 0 Å². The molecule has 0 fully saturated rings. The molecule has 22 heavy (non-hydrogen) atoms. The fourth-order valence-electron chi connectivity index (χ4n) is 2.48. The minimum absolute atomic E-state index is 0.0548. The van der Waals surface area contributed by atoms with Gasteiger partial charge in [0.1, 0.15) is 5.82 Å². The molecule has 4 nitrogen and oxygen atoms in total. The van der Waals surface area contributed by atoms with Gasteiger partial charge in [-0.3, -0.25) is 0 Å². The van der Waals surface area contributed by atoms with Gasteiger partial charge in [-0.2, -0.15) is 9.61 Å². The summed E-state index contributed by atoms with van der Waals surface area (Å²) in [5.41, 5.74) is 2.87. The highest BCUT2D eigenvalue weighted by Gasteiger charge is 2.18. The van der Waals surface area contributed by atoms with Gasteiger partial charge in [-0.05, 0) is 23.6 Å². The molecule has 0 spiro atoms. The molecule has 0 radical (unpaired) electrons. The van der Waals surface area contributed by atoms with E-state index in [9.17, 15) is 9.50 Å². The van der Waals surface area contributed by atoms with Crippen molar-refractivity contribution in [2.75, 3.05) is 0 Å². The van der Waals surface area contributed by atoms with Crippen LogP contribution >= 0.6 is 11.6 Å². The minimum Gasteiger partial charge on any atom is -0.493 e. The van der Waals surface area contributed by atoms with Crippen LogP contribution in [-0.4, -0.2) is 19.7 Å². The highest BCUT2D eigenvalue weighted by Crippen LogP contribution is 2.29. The Morgan fingerprint density at radius 3 is 2.77 bits per heavy atom. The van der Waals surface area contributed by atoms with Crippen molar-refractivity contribution in [3.63, 3.8) is 0 Å². The van der Waals surface area contributed by atoms with Crippen LogP contribution < -0.4 is 0 Å². The van der Waals surface area contributed by atoms with Crippen LogP contribution in [0.25, 0.3) is 5.65 Å².